The Hall–Kier alpha value is -1.57. The lowest BCUT2D eigenvalue weighted by Gasteiger charge is -2.02. The molecule has 1 aromatic rings. The Morgan fingerprint density at radius 3 is 2.71 bits per heavy atom. The molecule has 0 radical (unpaired) electrons. The zero-order valence-corrected chi connectivity index (χ0v) is 8.08. The summed E-state index contributed by atoms with van der Waals surface area (Å²) in [5.74, 6) is -0.809. The van der Waals surface area contributed by atoms with Gasteiger partial charge in [0, 0.05) is 5.57 Å². The number of carbonyl (C=O) groups is 1. The van der Waals surface area contributed by atoms with E-state index in [4.69, 9.17) is 5.11 Å². The third-order valence-electron chi connectivity index (χ3n) is 2.76. The minimum atomic E-state index is -0.809. The second-order valence-electron chi connectivity index (χ2n) is 3.57. The van der Waals surface area contributed by atoms with Crippen LogP contribution in [0.4, 0.5) is 0 Å². The van der Waals surface area contributed by atoms with E-state index in [1.54, 1.807) is 6.92 Å². The predicted molar refractivity (Wildman–Crippen MR) is 55.0 cm³/mol. The molecule has 1 N–H and O–H groups in total. The number of aliphatic carboxylic acids is 1. The topological polar surface area (TPSA) is 37.3 Å². The van der Waals surface area contributed by atoms with Crippen LogP contribution in [0.2, 0.25) is 0 Å². The molecule has 1 aliphatic rings. The number of hydrogen-bond donors (Lipinski definition) is 1. The molecule has 0 amide bonds. The van der Waals surface area contributed by atoms with E-state index >= 15 is 0 Å². The predicted octanol–water partition coefficient (Wildman–Crippen LogP) is 2.49. The maximum Gasteiger partial charge on any atom is 0.331 e. The van der Waals surface area contributed by atoms with E-state index < -0.39 is 5.97 Å². The molecule has 0 bridgehead atoms. The van der Waals surface area contributed by atoms with Crippen molar-refractivity contribution in [3.05, 3.63) is 41.0 Å². The molecule has 72 valence electrons. The summed E-state index contributed by atoms with van der Waals surface area (Å²) in [5, 5.41) is 8.91. The number of carboxylic acids is 1. The number of aryl methyl sites for hydroxylation is 1. The molecule has 0 heterocycles. The number of rotatable bonds is 1. The summed E-state index contributed by atoms with van der Waals surface area (Å²) in [6, 6.07) is 8.03. The van der Waals surface area contributed by atoms with Crippen LogP contribution in [-0.4, -0.2) is 11.1 Å². The van der Waals surface area contributed by atoms with E-state index in [0.29, 0.717) is 5.57 Å². The van der Waals surface area contributed by atoms with Crippen LogP contribution >= 0.6 is 0 Å². The molecule has 0 aromatic heterocycles. The van der Waals surface area contributed by atoms with Crippen LogP contribution in [0.3, 0.4) is 0 Å². The summed E-state index contributed by atoms with van der Waals surface area (Å²) < 4.78 is 0. The van der Waals surface area contributed by atoms with Gasteiger partial charge >= 0.3 is 5.97 Å². The van der Waals surface area contributed by atoms with E-state index in [1.807, 2.05) is 18.2 Å². The van der Waals surface area contributed by atoms with Crippen molar-refractivity contribution in [1.29, 1.82) is 0 Å². The van der Waals surface area contributed by atoms with Gasteiger partial charge in [0.2, 0.25) is 0 Å². The molecular formula is C12H12O2. The van der Waals surface area contributed by atoms with E-state index in [1.165, 1.54) is 5.56 Å². The highest BCUT2D eigenvalue weighted by Gasteiger charge is 2.19. The lowest BCUT2D eigenvalue weighted by Crippen LogP contribution is -1.99. The van der Waals surface area contributed by atoms with Crippen LogP contribution in [0.1, 0.15) is 24.5 Å². The molecule has 1 aromatic carbocycles. The summed E-state index contributed by atoms with van der Waals surface area (Å²) in [4.78, 5) is 10.8. The van der Waals surface area contributed by atoms with Gasteiger partial charge < -0.3 is 5.11 Å². The molecule has 0 spiro atoms. The quantitative estimate of drug-likeness (QED) is 0.687. The Balaban J connectivity index is 2.54. The molecule has 2 heteroatoms. The van der Waals surface area contributed by atoms with Crippen LogP contribution < -0.4 is 0 Å². The third kappa shape index (κ3) is 1.33. The van der Waals surface area contributed by atoms with E-state index in [0.717, 1.165) is 24.0 Å². The Labute approximate surface area is 82.9 Å². The Bertz CT molecular complexity index is 416. The van der Waals surface area contributed by atoms with Gasteiger partial charge in [-0.3, -0.25) is 0 Å². The molecule has 0 atom stereocenters. The van der Waals surface area contributed by atoms with Crippen LogP contribution in [0.25, 0.3) is 5.57 Å². The average molecular weight is 188 g/mol. The first-order chi connectivity index (χ1) is 6.70. The maximum atomic E-state index is 10.8. The lowest BCUT2D eigenvalue weighted by atomic mass is 10.0. The van der Waals surface area contributed by atoms with Gasteiger partial charge in [-0.25, -0.2) is 4.79 Å². The molecule has 0 saturated heterocycles. The highest BCUT2D eigenvalue weighted by atomic mass is 16.4. The lowest BCUT2D eigenvalue weighted by molar-refractivity contribution is -0.132. The largest absolute Gasteiger partial charge is 0.478 e. The fourth-order valence-electron chi connectivity index (χ4n) is 1.95. The normalized spacial score (nSPS) is 17.8. The first-order valence-corrected chi connectivity index (χ1v) is 4.71. The summed E-state index contributed by atoms with van der Waals surface area (Å²) in [6.07, 6.45) is 1.83. The van der Waals surface area contributed by atoms with E-state index in [2.05, 4.69) is 6.07 Å². The van der Waals surface area contributed by atoms with Gasteiger partial charge in [-0.1, -0.05) is 24.3 Å². The zero-order valence-electron chi connectivity index (χ0n) is 8.08. The van der Waals surface area contributed by atoms with Crippen molar-refractivity contribution < 1.29 is 9.90 Å². The highest BCUT2D eigenvalue weighted by molar-refractivity contribution is 5.97. The summed E-state index contributed by atoms with van der Waals surface area (Å²) >= 11 is 0. The smallest absolute Gasteiger partial charge is 0.331 e. The summed E-state index contributed by atoms with van der Waals surface area (Å²) in [5.41, 5.74) is 3.86. The number of allylic oxidation sites excluding steroid dienone is 1. The van der Waals surface area contributed by atoms with Gasteiger partial charge in [0.05, 0.1) is 0 Å². The molecule has 0 aliphatic heterocycles. The van der Waals surface area contributed by atoms with E-state index in [-0.39, 0.29) is 0 Å². The van der Waals surface area contributed by atoms with Crippen LogP contribution in [0.15, 0.2) is 29.8 Å². The second-order valence-corrected chi connectivity index (χ2v) is 3.57. The highest BCUT2D eigenvalue weighted by Crippen LogP contribution is 2.34. The van der Waals surface area contributed by atoms with Crippen molar-refractivity contribution in [2.45, 2.75) is 19.8 Å². The van der Waals surface area contributed by atoms with Gasteiger partial charge in [-0.2, -0.15) is 0 Å². The zero-order chi connectivity index (χ0) is 10.1. The van der Waals surface area contributed by atoms with Crippen LogP contribution in [-0.2, 0) is 11.2 Å². The molecule has 0 fully saturated rings. The summed E-state index contributed by atoms with van der Waals surface area (Å²) in [6.45, 7) is 1.68. The minimum Gasteiger partial charge on any atom is -0.478 e. The average Bonchev–Trinajstić information content (AvgIpc) is 2.60. The van der Waals surface area contributed by atoms with Crippen molar-refractivity contribution in [3.8, 4) is 0 Å². The van der Waals surface area contributed by atoms with Crippen LogP contribution in [0.5, 0.6) is 0 Å². The standard InChI is InChI=1S/C12H12O2/c1-8(12(13)14)10-7-6-9-4-2-3-5-11(9)10/h2-5H,6-7H2,1H3,(H,13,14). The third-order valence-corrected chi connectivity index (χ3v) is 2.76. The van der Waals surface area contributed by atoms with Crippen molar-refractivity contribution >= 4 is 11.5 Å². The summed E-state index contributed by atoms with van der Waals surface area (Å²) in [7, 11) is 0. The van der Waals surface area contributed by atoms with Gasteiger partial charge in [0.15, 0.2) is 0 Å². The fraction of sp³-hybridized carbons (Fsp3) is 0.250. The Kier molecular flexibility index (Phi) is 2.12. The molecule has 1 aliphatic carbocycles. The first-order valence-electron chi connectivity index (χ1n) is 4.71. The SMILES string of the molecule is CC(C(=O)O)=C1CCc2ccccc21. The Morgan fingerprint density at radius 1 is 1.29 bits per heavy atom. The van der Waals surface area contributed by atoms with Gasteiger partial charge in [0.25, 0.3) is 0 Å². The van der Waals surface area contributed by atoms with Gasteiger partial charge in [-0.05, 0) is 36.5 Å². The minimum absolute atomic E-state index is 0.481. The van der Waals surface area contributed by atoms with Crippen molar-refractivity contribution in [2.75, 3.05) is 0 Å². The molecular weight excluding hydrogens is 176 g/mol. The monoisotopic (exact) mass is 188 g/mol. The molecule has 2 rings (SSSR count). The first kappa shape index (κ1) is 9.00. The van der Waals surface area contributed by atoms with Gasteiger partial charge in [0.1, 0.15) is 0 Å². The van der Waals surface area contributed by atoms with Crippen molar-refractivity contribution in [1.82, 2.24) is 0 Å². The number of benzene rings is 1. The molecule has 14 heavy (non-hydrogen) atoms. The Morgan fingerprint density at radius 2 is 2.00 bits per heavy atom. The molecule has 0 saturated carbocycles. The van der Waals surface area contributed by atoms with Gasteiger partial charge in [-0.15, -0.1) is 0 Å². The molecule has 0 unspecified atom stereocenters. The maximum absolute atomic E-state index is 10.8. The van der Waals surface area contributed by atoms with Crippen molar-refractivity contribution in [3.63, 3.8) is 0 Å². The van der Waals surface area contributed by atoms with Crippen LogP contribution in [0, 0.1) is 0 Å². The second kappa shape index (κ2) is 3.29. The number of fused-ring (bicyclic) bond motifs is 1. The number of carboxylic acid groups (broad SMARTS) is 1. The molecule has 2 nitrogen and oxygen atoms in total. The number of hydrogen-bond acceptors (Lipinski definition) is 1. The van der Waals surface area contributed by atoms with Crippen molar-refractivity contribution in [2.24, 2.45) is 0 Å². The van der Waals surface area contributed by atoms with E-state index in [9.17, 15) is 4.79 Å². The fourth-order valence-corrected chi connectivity index (χ4v) is 1.95.